The van der Waals surface area contributed by atoms with Gasteiger partial charge in [-0.05, 0) is 6.07 Å². The van der Waals surface area contributed by atoms with Gasteiger partial charge in [-0.3, -0.25) is 9.20 Å². The number of benzene rings is 1. The van der Waals surface area contributed by atoms with Gasteiger partial charge in [0.2, 0.25) is 0 Å². The Morgan fingerprint density at radius 2 is 2.24 bits per heavy atom. The van der Waals surface area contributed by atoms with Gasteiger partial charge in [0.15, 0.2) is 17.1 Å². The number of aldehydes is 1. The molecule has 0 saturated heterocycles. The molecule has 1 aliphatic rings. The molecule has 2 aromatic heterocycles. The van der Waals surface area contributed by atoms with Gasteiger partial charge in [0.05, 0.1) is 6.54 Å². The summed E-state index contributed by atoms with van der Waals surface area (Å²) in [4.78, 5) is 19.0. The average Bonchev–Trinajstić information content (AvgIpc) is 3.01. The van der Waals surface area contributed by atoms with E-state index >= 15 is 0 Å². The van der Waals surface area contributed by atoms with Crippen molar-refractivity contribution >= 4 is 28.4 Å². The maximum absolute atomic E-state index is 11.5. The molecule has 0 radical (unpaired) electrons. The molecule has 0 saturated carbocycles. The molecule has 3 aromatic rings. The van der Waals surface area contributed by atoms with Crippen molar-refractivity contribution in [1.29, 1.82) is 0 Å². The Morgan fingerprint density at radius 1 is 1.33 bits per heavy atom. The fourth-order valence-corrected chi connectivity index (χ4v) is 3.36. The lowest BCUT2D eigenvalue weighted by atomic mass is 10.2. The third-order valence-electron chi connectivity index (χ3n) is 3.64. The fourth-order valence-electron chi connectivity index (χ4n) is 2.64. The number of hydrogen-bond donors (Lipinski definition) is 0. The van der Waals surface area contributed by atoms with Gasteiger partial charge >= 0.3 is 0 Å². The van der Waals surface area contributed by atoms with E-state index in [1.54, 1.807) is 0 Å². The Labute approximate surface area is 125 Å². The number of anilines is 1. The van der Waals surface area contributed by atoms with Gasteiger partial charge in [0, 0.05) is 23.7 Å². The van der Waals surface area contributed by atoms with E-state index in [4.69, 9.17) is 4.74 Å². The summed E-state index contributed by atoms with van der Waals surface area (Å²) < 4.78 is 7.61. The number of thiazole rings is 1. The van der Waals surface area contributed by atoms with Crippen LogP contribution in [-0.2, 0) is 6.54 Å². The minimum absolute atomic E-state index is 0.584. The number of carbonyl (C=O) groups is 1. The molecule has 0 N–H and O–H groups in total. The highest BCUT2D eigenvalue weighted by molar-refractivity contribution is 7.15. The van der Waals surface area contributed by atoms with Gasteiger partial charge < -0.3 is 9.64 Å². The molecule has 3 heterocycles. The van der Waals surface area contributed by atoms with Crippen LogP contribution in [0.5, 0.6) is 5.75 Å². The zero-order valence-electron chi connectivity index (χ0n) is 11.2. The summed E-state index contributed by atoms with van der Waals surface area (Å²) in [5.74, 6) is 1.64. The Kier molecular flexibility index (Phi) is 2.89. The molecular formula is C15H13N3O2S. The molecule has 1 aliphatic heterocycles. The standard InChI is InChI=1S/C15H13N3O2S/c19-10-12-14(16-15-18(12)6-8-21-15)17-5-7-20-13-4-2-1-3-11(13)9-17/h1-4,6,8,10H,5,7,9H2. The number of imidazole rings is 1. The summed E-state index contributed by atoms with van der Waals surface area (Å²) in [6.45, 7) is 1.99. The van der Waals surface area contributed by atoms with E-state index in [0.717, 1.165) is 28.4 Å². The highest BCUT2D eigenvalue weighted by Gasteiger charge is 2.22. The number of para-hydroxylation sites is 1. The molecule has 5 nitrogen and oxygen atoms in total. The summed E-state index contributed by atoms with van der Waals surface area (Å²) >= 11 is 1.53. The topological polar surface area (TPSA) is 46.8 Å². The number of hydrogen-bond acceptors (Lipinski definition) is 5. The molecule has 1 aromatic carbocycles. The summed E-state index contributed by atoms with van der Waals surface area (Å²) in [6.07, 6.45) is 2.75. The number of aromatic nitrogens is 2. The SMILES string of the molecule is O=Cc1c(N2CCOc3ccccc3C2)nc2sccn12. The van der Waals surface area contributed by atoms with E-state index in [9.17, 15) is 4.79 Å². The maximum Gasteiger partial charge on any atom is 0.196 e. The summed E-state index contributed by atoms with van der Waals surface area (Å²) in [7, 11) is 0. The van der Waals surface area contributed by atoms with Gasteiger partial charge in [0.1, 0.15) is 18.1 Å². The molecule has 106 valence electrons. The van der Waals surface area contributed by atoms with Crippen molar-refractivity contribution in [3.63, 3.8) is 0 Å². The Hall–Kier alpha value is -2.34. The molecule has 21 heavy (non-hydrogen) atoms. The molecule has 0 amide bonds. The first kappa shape index (κ1) is 12.4. The zero-order valence-corrected chi connectivity index (χ0v) is 12.0. The average molecular weight is 299 g/mol. The van der Waals surface area contributed by atoms with Gasteiger partial charge in [0.25, 0.3) is 0 Å². The number of rotatable bonds is 2. The second-order valence-corrected chi connectivity index (χ2v) is 5.74. The highest BCUT2D eigenvalue weighted by atomic mass is 32.1. The lowest BCUT2D eigenvalue weighted by Crippen LogP contribution is -2.26. The molecule has 4 rings (SSSR count). The molecule has 0 atom stereocenters. The summed E-state index contributed by atoms with van der Waals surface area (Å²) in [5, 5.41) is 1.93. The van der Waals surface area contributed by atoms with Crippen LogP contribution < -0.4 is 9.64 Å². The Balaban J connectivity index is 1.78. The van der Waals surface area contributed by atoms with Gasteiger partial charge in [-0.15, -0.1) is 11.3 Å². The van der Waals surface area contributed by atoms with Crippen LogP contribution in [0.4, 0.5) is 5.82 Å². The van der Waals surface area contributed by atoms with Crippen LogP contribution in [0.25, 0.3) is 4.96 Å². The van der Waals surface area contributed by atoms with Crippen molar-refractivity contribution in [3.05, 3.63) is 47.1 Å². The molecule has 0 fully saturated rings. The van der Waals surface area contributed by atoms with Crippen molar-refractivity contribution in [2.75, 3.05) is 18.1 Å². The first-order chi connectivity index (χ1) is 10.4. The minimum atomic E-state index is 0.584. The second kappa shape index (κ2) is 4.89. The summed E-state index contributed by atoms with van der Waals surface area (Å²) in [6, 6.07) is 7.99. The smallest absolute Gasteiger partial charge is 0.196 e. The van der Waals surface area contributed by atoms with Gasteiger partial charge in [-0.1, -0.05) is 18.2 Å². The Bertz CT molecular complexity index is 808. The maximum atomic E-state index is 11.5. The largest absolute Gasteiger partial charge is 0.491 e. The summed E-state index contributed by atoms with van der Waals surface area (Å²) in [5.41, 5.74) is 1.72. The predicted molar refractivity (Wildman–Crippen MR) is 81.4 cm³/mol. The van der Waals surface area contributed by atoms with Crippen molar-refractivity contribution in [1.82, 2.24) is 9.38 Å². The third kappa shape index (κ3) is 1.99. The number of carbonyl (C=O) groups excluding carboxylic acids is 1. The number of ether oxygens (including phenoxy) is 1. The van der Waals surface area contributed by atoms with Crippen LogP contribution >= 0.6 is 11.3 Å². The molecule has 0 bridgehead atoms. The lowest BCUT2D eigenvalue weighted by Gasteiger charge is -2.19. The molecule has 0 unspecified atom stereocenters. The van der Waals surface area contributed by atoms with Crippen LogP contribution in [0.3, 0.4) is 0 Å². The normalized spacial score (nSPS) is 14.6. The van der Waals surface area contributed by atoms with Crippen molar-refractivity contribution in [2.45, 2.75) is 6.54 Å². The van der Waals surface area contributed by atoms with Crippen molar-refractivity contribution in [2.24, 2.45) is 0 Å². The first-order valence-electron chi connectivity index (χ1n) is 6.73. The van der Waals surface area contributed by atoms with E-state index < -0.39 is 0 Å². The fraction of sp³-hybridized carbons (Fsp3) is 0.200. The second-order valence-electron chi connectivity index (χ2n) is 4.87. The van der Waals surface area contributed by atoms with Gasteiger partial charge in [-0.25, -0.2) is 4.98 Å². The van der Waals surface area contributed by atoms with Crippen molar-refractivity contribution < 1.29 is 9.53 Å². The van der Waals surface area contributed by atoms with Crippen molar-refractivity contribution in [3.8, 4) is 5.75 Å². The van der Waals surface area contributed by atoms with E-state index in [2.05, 4.69) is 9.88 Å². The van der Waals surface area contributed by atoms with E-state index in [1.165, 1.54) is 11.3 Å². The first-order valence-corrected chi connectivity index (χ1v) is 7.61. The van der Waals surface area contributed by atoms with E-state index in [0.29, 0.717) is 25.4 Å². The predicted octanol–water partition coefficient (Wildman–Crippen LogP) is 2.61. The molecular weight excluding hydrogens is 286 g/mol. The third-order valence-corrected chi connectivity index (χ3v) is 4.40. The van der Waals surface area contributed by atoms with Crippen LogP contribution in [0, 0.1) is 0 Å². The molecule has 6 heteroatoms. The molecule has 0 aliphatic carbocycles. The number of nitrogens with zero attached hydrogens (tertiary/aromatic N) is 3. The van der Waals surface area contributed by atoms with Crippen LogP contribution in [0.15, 0.2) is 35.8 Å². The van der Waals surface area contributed by atoms with Crippen LogP contribution in [-0.4, -0.2) is 28.8 Å². The quantitative estimate of drug-likeness (QED) is 0.682. The lowest BCUT2D eigenvalue weighted by molar-refractivity contribution is 0.111. The monoisotopic (exact) mass is 299 g/mol. The van der Waals surface area contributed by atoms with Crippen LogP contribution in [0.1, 0.15) is 16.1 Å². The molecule has 0 spiro atoms. The zero-order chi connectivity index (χ0) is 14.2. The van der Waals surface area contributed by atoms with Gasteiger partial charge in [-0.2, -0.15) is 0 Å². The minimum Gasteiger partial charge on any atom is -0.491 e. The highest BCUT2D eigenvalue weighted by Crippen LogP contribution is 2.28. The van der Waals surface area contributed by atoms with E-state index in [-0.39, 0.29) is 0 Å². The van der Waals surface area contributed by atoms with E-state index in [1.807, 2.05) is 40.2 Å². The number of fused-ring (bicyclic) bond motifs is 2. The Morgan fingerprint density at radius 3 is 3.14 bits per heavy atom. The van der Waals surface area contributed by atoms with Crippen LogP contribution in [0.2, 0.25) is 0 Å².